The topological polar surface area (TPSA) is 49.6 Å². The molecule has 126 valence electrons. The van der Waals surface area contributed by atoms with Gasteiger partial charge in [0.2, 0.25) is 0 Å². The summed E-state index contributed by atoms with van der Waals surface area (Å²) in [5, 5.41) is 3.91. The van der Waals surface area contributed by atoms with E-state index in [1.807, 2.05) is 4.90 Å². The summed E-state index contributed by atoms with van der Waals surface area (Å²) in [5.41, 5.74) is 1.02. The molecule has 0 spiro atoms. The van der Waals surface area contributed by atoms with Gasteiger partial charge in [-0.25, -0.2) is 4.39 Å². The van der Waals surface area contributed by atoms with Crippen LogP contribution in [0.3, 0.4) is 0 Å². The van der Waals surface area contributed by atoms with E-state index < -0.39 is 0 Å². The van der Waals surface area contributed by atoms with Gasteiger partial charge >= 0.3 is 0 Å². The first-order chi connectivity index (χ1) is 11.7. The molecule has 0 N–H and O–H groups in total. The maximum absolute atomic E-state index is 13.0. The van der Waals surface area contributed by atoms with E-state index in [0.717, 1.165) is 32.6 Å². The molecular weight excluding hydrogens is 309 g/mol. The zero-order valence-corrected chi connectivity index (χ0v) is 13.4. The van der Waals surface area contributed by atoms with Crippen LogP contribution in [0.2, 0.25) is 0 Å². The lowest BCUT2D eigenvalue weighted by molar-refractivity contribution is 0.0770. The molecule has 0 bridgehead atoms. The maximum Gasteiger partial charge on any atom is 0.276 e. The van der Waals surface area contributed by atoms with Crippen molar-refractivity contribution in [2.24, 2.45) is 0 Å². The van der Waals surface area contributed by atoms with Crippen molar-refractivity contribution in [3.05, 3.63) is 41.8 Å². The van der Waals surface area contributed by atoms with Gasteiger partial charge in [0.25, 0.3) is 5.91 Å². The van der Waals surface area contributed by atoms with Crippen LogP contribution in [-0.4, -0.2) is 53.1 Å². The second kappa shape index (κ2) is 6.36. The summed E-state index contributed by atoms with van der Waals surface area (Å²) in [7, 11) is 0. The number of carbonyl (C=O) groups excluding carboxylic acids is 1. The van der Waals surface area contributed by atoms with E-state index in [4.69, 9.17) is 4.52 Å². The summed E-state index contributed by atoms with van der Waals surface area (Å²) in [6.45, 7) is 3.81. The summed E-state index contributed by atoms with van der Waals surface area (Å²) < 4.78 is 18.3. The quantitative estimate of drug-likeness (QED) is 0.869. The van der Waals surface area contributed by atoms with Crippen LogP contribution in [-0.2, 0) is 0 Å². The number of hydrogen-bond donors (Lipinski definition) is 0. The molecule has 0 radical (unpaired) electrons. The van der Waals surface area contributed by atoms with Gasteiger partial charge in [0.1, 0.15) is 5.82 Å². The molecule has 2 fully saturated rings. The van der Waals surface area contributed by atoms with Crippen molar-refractivity contribution < 1.29 is 13.7 Å². The zero-order valence-electron chi connectivity index (χ0n) is 13.4. The monoisotopic (exact) mass is 329 g/mol. The molecular formula is C18H20FN3O2. The number of likely N-dealkylation sites (tertiary alicyclic amines) is 2. The highest BCUT2D eigenvalue weighted by Gasteiger charge is 2.33. The van der Waals surface area contributed by atoms with Gasteiger partial charge in [-0.2, -0.15) is 0 Å². The van der Waals surface area contributed by atoms with E-state index in [9.17, 15) is 9.18 Å². The van der Waals surface area contributed by atoms with Crippen molar-refractivity contribution in [2.45, 2.75) is 25.3 Å². The minimum absolute atomic E-state index is 0.0891. The molecule has 1 atom stereocenters. The number of aromatic nitrogens is 1. The number of benzene rings is 1. The summed E-state index contributed by atoms with van der Waals surface area (Å²) in [5.74, 6) is 0.0852. The van der Waals surface area contributed by atoms with Gasteiger partial charge in [-0.1, -0.05) is 5.16 Å². The Balaban J connectivity index is 1.44. The van der Waals surface area contributed by atoms with Gasteiger partial charge in [0, 0.05) is 30.8 Å². The van der Waals surface area contributed by atoms with Crippen LogP contribution in [0.5, 0.6) is 0 Å². The second-order valence-corrected chi connectivity index (χ2v) is 6.52. The largest absolute Gasteiger partial charge is 0.355 e. The SMILES string of the molecule is O=C(c1cc(-c2ccc(F)cc2)on1)N1CCC(N2CCCC2)C1. The summed E-state index contributed by atoms with van der Waals surface area (Å²) in [4.78, 5) is 17.0. The normalized spacial score (nSPS) is 21.5. The first-order valence-electron chi connectivity index (χ1n) is 8.47. The lowest BCUT2D eigenvalue weighted by Crippen LogP contribution is -2.37. The van der Waals surface area contributed by atoms with E-state index >= 15 is 0 Å². The Kier molecular flexibility index (Phi) is 4.06. The van der Waals surface area contributed by atoms with Crippen LogP contribution in [0.4, 0.5) is 4.39 Å². The molecule has 3 heterocycles. The van der Waals surface area contributed by atoms with Crippen LogP contribution in [0.1, 0.15) is 29.8 Å². The van der Waals surface area contributed by atoms with Gasteiger partial charge in [-0.3, -0.25) is 9.69 Å². The third-order valence-electron chi connectivity index (χ3n) is 4.97. The number of rotatable bonds is 3. The Hall–Kier alpha value is -2.21. The number of nitrogens with zero attached hydrogens (tertiary/aromatic N) is 3. The van der Waals surface area contributed by atoms with Gasteiger partial charge in [-0.05, 0) is 56.6 Å². The fourth-order valence-corrected chi connectivity index (χ4v) is 3.62. The average Bonchev–Trinajstić information content (AvgIpc) is 3.34. The summed E-state index contributed by atoms with van der Waals surface area (Å²) in [6, 6.07) is 8.06. The molecule has 1 aromatic heterocycles. The van der Waals surface area contributed by atoms with E-state index in [-0.39, 0.29) is 11.7 Å². The molecule has 1 unspecified atom stereocenters. The molecule has 2 aromatic rings. The third kappa shape index (κ3) is 2.94. The Bertz CT molecular complexity index is 722. The van der Waals surface area contributed by atoms with Crippen LogP contribution in [0.25, 0.3) is 11.3 Å². The first-order valence-corrected chi connectivity index (χ1v) is 8.47. The van der Waals surface area contributed by atoms with Gasteiger partial charge < -0.3 is 9.42 Å². The van der Waals surface area contributed by atoms with Crippen molar-refractivity contribution >= 4 is 5.91 Å². The summed E-state index contributed by atoms with van der Waals surface area (Å²) >= 11 is 0. The molecule has 2 saturated heterocycles. The number of carbonyl (C=O) groups is 1. The molecule has 1 amide bonds. The minimum Gasteiger partial charge on any atom is -0.355 e. The predicted molar refractivity (Wildman–Crippen MR) is 87.0 cm³/mol. The van der Waals surface area contributed by atoms with Gasteiger partial charge in [0.05, 0.1) is 0 Å². The van der Waals surface area contributed by atoms with Crippen molar-refractivity contribution in [3.63, 3.8) is 0 Å². The third-order valence-corrected chi connectivity index (χ3v) is 4.97. The van der Waals surface area contributed by atoms with Crippen LogP contribution in [0, 0.1) is 5.82 Å². The Labute approximate surface area is 140 Å². The molecule has 0 saturated carbocycles. The number of hydrogen-bond acceptors (Lipinski definition) is 4. The summed E-state index contributed by atoms with van der Waals surface area (Å²) in [6.07, 6.45) is 3.54. The Morgan fingerprint density at radius 2 is 1.92 bits per heavy atom. The molecule has 2 aliphatic heterocycles. The second-order valence-electron chi connectivity index (χ2n) is 6.52. The standard InChI is InChI=1S/C18H20FN3O2/c19-14-5-3-13(4-6-14)17-11-16(20-24-17)18(23)22-10-7-15(12-22)21-8-1-2-9-21/h3-6,11,15H,1-2,7-10,12H2. The molecule has 5 nitrogen and oxygen atoms in total. The van der Waals surface area contributed by atoms with Crippen molar-refractivity contribution in [2.75, 3.05) is 26.2 Å². The van der Waals surface area contributed by atoms with E-state index in [2.05, 4.69) is 10.1 Å². The molecule has 1 aromatic carbocycles. The average molecular weight is 329 g/mol. The van der Waals surface area contributed by atoms with E-state index in [1.54, 1.807) is 18.2 Å². The van der Waals surface area contributed by atoms with Crippen LogP contribution < -0.4 is 0 Å². The minimum atomic E-state index is -0.306. The molecule has 6 heteroatoms. The smallest absolute Gasteiger partial charge is 0.276 e. The predicted octanol–water partition coefficient (Wildman–Crippen LogP) is 2.79. The molecule has 24 heavy (non-hydrogen) atoms. The van der Waals surface area contributed by atoms with Crippen LogP contribution >= 0.6 is 0 Å². The zero-order chi connectivity index (χ0) is 16.5. The van der Waals surface area contributed by atoms with E-state index in [0.29, 0.717) is 23.1 Å². The van der Waals surface area contributed by atoms with Gasteiger partial charge in [0.15, 0.2) is 11.5 Å². The highest BCUT2D eigenvalue weighted by Crippen LogP contribution is 2.24. The fraction of sp³-hybridized carbons (Fsp3) is 0.444. The molecule has 2 aliphatic rings. The maximum atomic E-state index is 13.0. The highest BCUT2D eigenvalue weighted by molar-refractivity contribution is 5.93. The first kappa shape index (κ1) is 15.3. The number of amides is 1. The Morgan fingerprint density at radius 1 is 1.17 bits per heavy atom. The number of halogens is 1. The van der Waals surface area contributed by atoms with Crippen molar-refractivity contribution in [1.82, 2.24) is 15.0 Å². The highest BCUT2D eigenvalue weighted by atomic mass is 19.1. The fourth-order valence-electron chi connectivity index (χ4n) is 3.62. The van der Waals surface area contributed by atoms with Crippen molar-refractivity contribution in [1.29, 1.82) is 0 Å². The Morgan fingerprint density at radius 3 is 2.67 bits per heavy atom. The van der Waals surface area contributed by atoms with E-state index in [1.165, 1.54) is 25.0 Å². The lowest BCUT2D eigenvalue weighted by atomic mass is 10.1. The molecule has 0 aliphatic carbocycles. The lowest BCUT2D eigenvalue weighted by Gasteiger charge is -2.23. The van der Waals surface area contributed by atoms with Crippen LogP contribution in [0.15, 0.2) is 34.9 Å². The van der Waals surface area contributed by atoms with Gasteiger partial charge in [-0.15, -0.1) is 0 Å². The van der Waals surface area contributed by atoms with Crippen molar-refractivity contribution in [3.8, 4) is 11.3 Å². The molecule has 4 rings (SSSR count).